The monoisotopic (exact) mass is 530 g/mol. The summed E-state index contributed by atoms with van der Waals surface area (Å²) in [6.45, 7) is 0. The summed E-state index contributed by atoms with van der Waals surface area (Å²) < 4.78 is 18.8. The Balaban J connectivity index is 1.37. The fourth-order valence-corrected chi connectivity index (χ4v) is 4.78. The van der Waals surface area contributed by atoms with Gasteiger partial charge in [-0.25, -0.2) is 4.68 Å². The molecule has 0 bridgehead atoms. The molecule has 2 heterocycles. The molecule has 0 amide bonds. The molecular weight excluding hydrogens is 504 g/mol. The summed E-state index contributed by atoms with van der Waals surface area (Å²) in [5, 5.41) is 15.8. The van der Waals surface area contributed by atoms with Crippen molar-refractivity contribution < 1.29 is 23.8 Å². The number of hydrogen-bond donors (Lipinski definition) is 1. The molecule has 6 aromatic rings. The van der Waals surface area contributed by atoms with Crippen molar-refractivity contribution in [1.29, 1.82) is 0 Å². The van der Waals surface area contributed by atoms with Gasteiger partial charge in [0.25, 0.3) is 0 Å². The van der Waals surface area contributed by atoms with Crippen molar-refractivity contribution in [3.63, 3.8) is 0 Å². The molecular formula is C33H26N2O5. The lowest BCUT2D eigenvalue weighted by atomic mass is 9.93. The van der Waals surface area contributed by atoms with Gasteiger partial charge in [-0.1, -0.05) is 36.4 Å². The highest BCUT2D eigenvalue weighted by Gasteiger charge is 2.26. The molecule has 0 aliphatic heterocycles. The molecule has 1 unspecified atom stereocenters. The van der Waals surface area contributed by atoms with Crippen LogP contribution in [0.25, 0.3) is 27.9 Å². The van der Waals surface area contributed by atoms with Crippen molar-refractivity contribution in [2.45, 2.75) is 12.3 Å². The van der Waals surface area contributed by atoms with Crippen LogP contribution in [0.15, 0.2) is 120 Å². The van der Waals surface area contributed by atoms with Gasteiger partial charge in [-0.3, -0.25) is 4.79 Å². The zero-order valence-corrected chi connectivity index (χ0v) is 21.7. The lowest BCUT2D eigenvalue weighted by molar-refractivity contribution is -0.138. The van der Waals surface area contributed by atoms with Gasteiger partial charge >= 0.3 is 5.97 Å². The van der Waals surface area contributed by atoms with Gasteiger partial charge in [0, 0.05) is 22.9 Å². The molecule has 6 rings (SSSR count). The second kappa shape index (κ2) is 10.8. The maximum Gasteiger partial charge on any atom is 0.311 e. The Morgan fingerprint density at radius 1 is 0.875 bits per heavy atom. The lowest BCUT2D eigenvalue weighted by Gasteiger charge is -2.10. The van der Waals surface area contributed by atoms with E-state index in [4.69, 9.17) is 19.0 Å². The van der Waals surface area contributed by atoms with Crippen molar-refractivity contribution in [2.75, 3.05) is 7.11 Å². The number of hydrogen-bond acceptors (Lipinski definition) is 5. The van der Waals surface area contributed by atoms with Gasteiger partial charge in [-0.2, -0.15) is 5.10 Å². The molecule has 2 aromatic heterocycles. The molecule has 4 aromatic carbocycles. The Hall–Kier alpha value is -5.30. The van der Waals surface area contributed by atoms with Gasteiger partial charge in [-0.05, 0) is 72.8 Å². The van der Waals surface area contributed by atoms with Gasteiger partial charge in [0.05, 0.1) is 36.4 Å². The van der Waals surface area contributed by atoms with Crippen molar-refractivity contribution in [2.24, 2.45) is 0 Å². The molecule has 198 valence electrons. The number of carboxylic acid groups (broad SMARTS) is 1. The Bertz CT molecular complexity index is 1750. The van der Waals surface area contributed by atoms with E-state index in [1.165, 1.54) is 6.26 Å². The van der Waals surface area contributed by atoms with Crippen molar-refractivity contribution >= 4 is 16.9 Å². The Kier molecular flexibility index (Phi) is 6.77. The van der Waals surface area contributed by atoms with Crippen LogP contribution in [0.4, 0.5) is 0 Å². The summed E-state index contributed by atoms with van der Waals surface area (Å²) in [6, 6.07) is 34.3. The van der Waals surface area contributed by atoms with E-state index in [2.05, 4.69) is 0 Å². The molecule has 0 aliphatic rings. The number of benzene rings is 4. The summed E-state index contributed by atoms with van der Waals surface area (Å²) in [6.07, 6.45) is 1.74. The number of para-hydroxylation sites is 2. The molecule has 1 N–H and O–H groups in total. The van der Waals surface area contributed by atoms with Crippen molar-refractivity contribution in [3.8, 4) is 34.2 Å². The average Bonchev–Trinajstić information content (AvgIpc) is 3.61. The lowest BCUT2D eigenvalue weighted by Crippen LogP contribution is -2.14. The van der Waals surface area contributed by atoms with Crippen LogP contribution in [0, 0.1) is 0 Å². The van der Waals surface area contributed by atoms with Gasteiger partial charge in [-0.15, -0.1) is 0 Å². The summed E-state index contributed by atoms with van der Waals surface area (Å²) in [5.41, 5.74) is 4.50. The number of aliphatic carboxylic acids is 1. The highest BCUT2D eigenvalue weighted by molar-refractivity contribution is 5.88. The average molecular weight is 531 g/mol. The highest BCUT2D eigenvalue weighted by Crippen LogP contribution is 2.33. The summed E-state index contributed by atoms with van der Waals surface area (Å²) in [7, 11) is 1.62. The maximum absolute atomic E-state index is 12.4. The molecule has 0 spiro atoms. The number of rotatable bonds is 9. The SMILES string of the molecule is COc1ccc(-n2nc(CC(C(=O)O)c3coc4ccccc34)cc2-c2ccc(Oc3ccccc3)cc2)cc1. The summed E-state index contributed by atoms with van der Waals surface area (Å²) in [4.78, 5) is 12.4. The van der Waals surface area contributed by atoms with Crippen LogP contribution in [0.1, 0.15) is 17.2 Å². The molecule has 0 fully saturated rings. The van der Waals surface area contributed by atoms with Crippen LogP contribution < -0.4 is 9.47 Å². The zero-order chi connectivity index (χ0) is 27.5. The van der Waals surface area contributed by atoms with E-state index < -0.39 is 11.9 Å². The summed E-state index contributed by atoms with van der Waals surface area (Å²) in [5.74, 6) is 0.445. The van der Waals surface area contributed by atoms with Crippen molar-refractivity contribution in [3.05, 3.63) is 127 Å². The van der Waals surface area contributed by atoms with Crippen LogP contribution in [0.2, 0.25) is 0 Å². The first-order valence-corrected chi connectivity index (χ1v) is 12.8. The third kappa shape index (κ3) is 5.05. The number of furan rings is 1. The largest absolute Gasteiger partial charge is 0.497 e. The highest BCUT2D eigenvalue weighted by atomic mass is 16.5. The molecule has 0 saturated heterocycles. The minimum atomic E-state index is -0.936. The first kappa shape index (κ1) is 25.0. The minimum absolute atomic E-state index is 0.199. The van der Waals surface area contributed by atoms with Gasteiger partial charge < -0.3 is 19.0 Å². The van der Waals surface area contributed by atoms with E-state index >= 15 is 0 Å². The maximum atomic E-state index is 12.4. The number of carbonyl (C=O) groups is 1. The fourth-order valence-electron chi connectivity index (χ4n) is 4.78. The normalized spacial score (nSPS) is 11.8. The van der Waals surface area contributed by atoms with Crippen LogP contribution in [0.5, 0.6) is 17.2 Å². The number of nitrogens with zero attached hydrogens (tertiary/aromatic N) is 2. The van der Waals surface area contributed by atoms with E-state index in [9.17, 15) is 9.90 Å². The Morgan fingerprint density at radius 2 is 1.55 bits per heavy atom. The zero-order valence-electron chi connectivity index (χ0n) is 21.7. The number of fused-ring (bicyclic) bond motifs is 1. The van der Waals surface area contributed by atoms with Crippen LogP contribution in [-0.4, -0.2) is 28.0 Å². The molecule has 40 heavy (non-hydrogen) atoms. The Labute approximate surface area is 230 Å². The molecule has 7 nitrogen and oxygen atoms in total. The van der Waals surface area contributed by atoms with Crippen LogP contribution >= 0.6 is 0 Å². The molecule has 1 atom stereocenters. The number of aromatic nitrogens is 2. The van der Waals surface area contributed by atoms with Gasteiger partial charge in [0.1, 0.15) is 22.8 Å². The standard InChI is InChI=1S/C33H26N2O5/c1-38-25-17-13-24(14-18-25)35-31(22-11-15-27(16-12-22)40-26-7-3-2-4-8-26)20-23(34-35)19-29(33(36)37)30-21-39-32-10-6-5-9-28(30)32/h2-18,20-21,29H,19H2,1H3,(H,36,37). The van der Waals surface area contributed by atoms with E-state index in [1.807, 2.05) is 114 Å². The van der Waals surface area contributed by atoms with Crippen LogP contribution in [-0.2, 0) is 11.2 Å². The number of methoxy groups -OCH3 is 1. The smallest absolute Gasteiger partial charge is 0.311 e. The van der Waals surface area contributed by atoms with Gasteiger partial charge in [0.2, 0.25) is 0 Å². The Morgan fingerprint density at radius 3 is 2.27 bits per heavy atom. The molecule has 7 heteroatoms. The van der Waals surface area contributed by atoms with Crippen LogP contribution in [0.3, 0.4) is 0 Å². The fraction of sp³-hybridized carbons (Fsp3) is 0.0909. The minimum Gasteiger partial charge on any atom is -0.497 e. The van der Waals surface area contributed by atoms with E-state index in [0.29, 0.717) is 22.6 Å². The summed E-state index contributed by atoms with van der Waals surface area (Å²) >= 11 is 0. The third-order valence-electron chi connectivity index (χ3n) is 6.80. The van der Waals surface area contributed by atoms with E-state index in [0.717, 1.165) is 33.8 Å². The quantitative estimate of drug-likeness (QED) is 0.208. The van der Waals surface area contributed by atoms with Gasteiger partial charge in [0.15, 0.2) is 0 Å². The van der Waals surface area contributed by atoms with E-state index in [1.54, 1.807) is 7.11 Å². The van der Waals surface area contributed by atoms with Crippen molar-refractivity contribution in [1.82, 2.24) is 9.78 Å². The topological polar surface area (TPSA) is 86.7 Å². The second-order valence-electron chi connectivity index (χ2n) is 9.35. The predicted octanol–water partition coefficient (Wildman–Crippen LogP) is 7.50. The third-order valence-corrected chi connectivity index (χ3v) is 6.80. The number of ether oxygens (including phenoxy) is 2. The van der Waals surface area contributed by atoms with E-state index in [-0.39, 0.29) is 6.42 Å². The molecule has 0 aliphatic carbocycles. The number of carboxylic acids is 1. The molecule has 0 saturated carbocycles. The predicted molar refractivity (Wildman–Crippen MR) is 152 cm³/mol. The first-order valence-electron chi connectivity index (χ1n) is 12.8. The molecule has 0 radical (unpaired) electrons. The first-order chi connectivity index (χ1) is 19.6. The second-order valence-corrected chi connectivity index (χ2v) is 9.35.